The third-order valence-electron chi connectivity index (χ3n) is 3.01. The summed E-state index contributed by atoms with van der Waals surface area (Å²) in [7, 11) is -7.46. The maximum absolute atomic E-state index is 14.4. The van der Waals surface area contributed by atoms with Crippen molar-refractivity contribution in [3.05, 3.63) is 33.1 Å². The van der Waals surface area contributed by atoms with Crippen LogP contribution in [0.5, 0.6) is 0 Å². The van der Waals surface area contributed by atoms with E-state index in [4.69, 9.17) is 19.0 Å². The number of ether oxygens (including phenoxy) is 1. The lowest BCUT2D eigenvalue weighted by molar-refractivity contribution is -0.0479. The normalized spacial score (nSPS) is 28.1. The van der Waals surface area contributed by atoms with Gasteiger partial charge in [-0.15, -0.1) is 4.52 Å². The fourth-order valence-corrected chi connectivity index (χ4v) is 3.16. The minimum atomic E-state index is -4.88. The zero-order chi connectivity index (χ0) is 18.1. The average molecular weight is 405 g/mol. The van der Waals surface area contributed by atoms with Crippen LogP contribution in [0.15, 0.2) is 21.9 Å². The molecule has 1 fully saturated rings. The Kier molecular flexibility index (Phi) is 6.10. The van der Waals surface area contributed by atoms with Crippen LogP contribution in [0.2, 0.25) is 0 Å². The van der Waals surface area contributed by atoms with Crippen LogP contribution in [0.1, 0.15) is 6.23 Å². The Morgan fingerprint density at radius 3 is 2.71 bits per heavy atom. The number of thiol groups is 1. The lowest BCUT2D eigenvalue weighted by Crippen LogP contribution is -2.37. The summed E-state index contributed by atoms with van der Waals surface area (Å²) in [5, 5.41) is 0. The van der Waals surface area contributed by atoms with Gasteiger partial charge in [-0.05, 0) is 4.57 Å². The molecule has 134 valence electrons. The summed E-state index contributed by atoms with van der Waals surface area (Å²) < 4.78 is 51.2. The number of nitrogens with zero attached hydrogens (tertiary/aromatic N) is 1. The van der Waals surface area contributed by atoms with Gasteiger partial charge in [0.2, 0.25) is 0 Å². The van der Waals surface area contributed by atoms with Gasteiger partial charge in [-0.25, -0.2) is 13.8 Å². The van der Waals surface area contributed by atoms with Crippen molar-refractivity contribution in [1.82, 2.24) is 9.55 Å². The number of aromatic amines is 1. The molecule has 1 aromatic rings. The van der Waals surface area contributed by atoms with Crippen molar-refractivity contribution in [3.63, 3.8) is 0 Å². The molecule has 2 rings (SSSR count). The summed E-state index contributed by atoms with van der Waals surface area (Å²) in [4.78, 5) is 42.1. The number of nitrogens with one attached hydrogen (secondary N) is 1. The number of hydrogen-bond acceptors (Lipinski definition) is 7. The molecule has 0 bridgehead atoms. The van der Waals surface area contributed by atoms with Crippen molar-refractivity contribution < 1.29 is 37.1 Å². The molecule has 1 saturated heterocycles. The highest BCUT2D eigenvalue weighted by Gasteiger charge is 2.51. The van der Waals surface area contributed by atoms with Crippen LogP contribution in [0, 0.1) is 0 Å². The van der Waals surface area contributed by atoms with Gasteiger partial charge in [-0.3, -0.25) is 18.9 Å². The van der Waals surface area contributed by atoms with Crippen LogP contribution in [0.25, 0.3) is 0 Å². The predicted molar refractivity (Wildman–Crippen MR) is 79.6 cm³/mol. The third kappa shape index (κ3) is 4.80. The molecule has 1 aromatic heterocycles. The quantitative estimate of drug-likeness (QED) is 0.373. The van der Waals surface area contributed by atoms with Crippen LogP contribution in [0.3, 0.4) is 0 Å². The van der Waals surface area contributed by atoms with E-state index in [1.54, 1.807) is 0 Å². The van der Waals surface area contributed by atoms with Gasteiger partial charge in [0.25, 0.3) is 5.56 Å². The number of rotatable bonds is 6. The molecule has 5 atom stereocenters. The van der Waals surface area contributed by atoms with E-state index in [2.05, 4.69) is 16.8 Å². The summed E-state index contributed by atoms with van der Waals surface area (Å²) in [5.74, 6) is 0. The van der Waals surface area contributed by atoms with Crippen molar-refractivity contribution >= 4 is 27.3 Å². The van der Waals surface area contributed by atoms with E-state index >= 15 is 0 Å². The predicted octanol–water partition coefficient (Wildman–Crippen LogP) is -0.146. The van der Waals surface area contributed by atoms with Crippen LogP contribution in [0.4, 0.5) is 4.39 Å². The van der Waals surface area contributed by atoms with E-state index < -0.39 is 57.5 Å². The highest BCUT2D eigenvalue weighted by atomic mass is 32.7. The van der Waals surface area contributed by atoms with Gasteiger partial charge in [0.1, 0.15) is 18.4 Å². The Balaban J connectivity index is 2.30. The second kappa shape index (κ2) is 7.54. The van der Waals surface area contributed by atoms with Gasteiger partial charge >= 0.3 is 20.7 Å². The summed E-state index contributed by atoms with van der Waals surface area (Å²) >= 11 is 3.50. The van der Waals surface area contributed by atoms with Gasteiger partial charge in [-0.2, -0.15) is 0 Å². The summed E-state index contributed by atoms with van der Waals surface area (Å²) in [6, 6.07) is 0.967. The number of hydrogen-bond donors (Lipinski definition) is 4. The molecule has 0 radical (unpaired) electrons. The van der Waals surface area contributed by atoms with Crippen molar-refractivity contribution in [2.24, 2.45) is 0 Å². The highest BCUT2D eigenvalue weighted by molar-refractivity contribution is 8.39. The van der Waals surface area contributed by atoms with Crippen molar-refractivity contribution in [1.29, 1.82) is 0 Å². The summed E-state index contributed by atoms with van der Waals surface area (Å²) in [5.41, 5.74) is -1.65. The largest absolute Gasteiger partial charge is 0.582 e. The van der Waals surface area contributed by atoms with E-state index in [0.29, 0.717) is 0 Å². The van der Waals surface area contributed by atoms with Gasteiger partial charge in [0.15, 0.2) is 18.5 Å². The van der Waals surface area contributed by atoms with Gasteiger partial charge in [0, 0.05) is 12.3 Å². The summed E-state index contributed by atoms with van der Waals surface area (Å²) in [6.45, 7) is -0.844. The molecule has 0 saturated carbocycles. The van der Waals surface area contributed by atoms with Gasteiger partial charge in [-0.1, -0.05) is 0 Å². The second-order valence-electron chi connectivity index (χ2n) is 4.62. The van der Waals surface area contributed by atoms with Crippen molar-refractivity contribution in [2.75, 3.05) is 6.61 Å². The first-order valence-electron chi connectivity index (χ1n) is 6.22. The number of phosphoric acid groups is 1. The number of H-pyrrole nitrogens is 1. The molecule has 1 aliphatic heterocycles. The fraction of sp³-hybridized carbons (Fsp3) is 0.556. The number of phosphoric ester groups is 1. The van der Waals surface area contributed by atoms with Crippen LogP contribution >= 0.6 is 27.3 Å². The van der Waals surface area contributed by atoms with E-state index in [9.17, 15) is 23.1 Å². The Morgan fingerprint density at radius 1 is 1.50 bits per heavy atom. The maximum Gasteiger partial charge on any atom is 0.582 e. The molecule has 3 N–H and O–H groups in total. The molecule has 2 heterocycles. The average Bonchev–Trinajstić information content (AvgIpc) is 2.73. The molecular weight excluding hydrogens is 393 g/mol. The topological polar surface area (TPSA) is 157 Å². The standard InChI is InChI=1S/C9H11FN2O9P2S/c10-6-4(3-19-23(16,17)18)20-8(7(6)21-22(15)24)12-2-1-5(13)11-9(12)14/h1-2,4,6-8H,3H2,(H3-,11,13,14,15,16,17,18,24)/p+1/t4-,6?,7?,8-/m1/s1. The Morgan fingerprint density at radius 2 is 2.17 bits per heavy atom. The molecule has 15 heteroatoms. The van der Waals surface area contributed by atoms with Crippen LogP contribution < -0.4 is 11.2 Å². The minimum absolute atomic E-state index is 0.704. The molecule has 1 aliphatic rings. The lowest BCUT2D eigenvalue weighted by Gasteiger charge is -2.16. The SMILES string of the molecule is O=c1ccn([C@@H]2O[C@H](COP(=O)(O)O)C(F)C2O[P+](=O)S)c(=O)[nH]1. The first-order chi connectivity index (χ1) is 11.1. The van der Waals surface area contributed by atoms with Crippen LogP contribution in [-0.2, 0) is 22.9 Å². The second-order valence-corrected chi connectivity index (χ2v) is 7.53. The number of alkyl halides is 1. The molecule has 0 amide bonds. The zero-order valence-corrected chi connectivity index (χ0v) is 14.3. The molecule has 11 nitrogen and oxygen atoms in total. The molecule has 24 heavy (non-hydrogen) atoms. The first-order valence-corrected chi connectivity index (χ1v) is 10.1. The fourth-order valence-electron chi connectivity index (χ4n) is 2.07. The molecular formula is C9H12FN2O9P2S+. The smallest absolute Gasteiger partial charge is 0.346 e. The highest BCUT2D eigenvalue weighted by Crippen LogP contribution is 2.43. The monoisotopic (exact) mass is 405 g/mol. The Hall–Kier alpha value is -0.910. The molecule has 0 aliphatic carbocycles. The third-order valence-corrected chi connectivity index (χ3v) is 4.20. The molecule has 3 unspecified atom stereocenters. The zero-order valence-electron chi connectivity index (χ0n) is 11.6. The van der Waals surface area contributed by atoms with E-state index in [1.165, 1.54) is 0 Å². The van der Waals surface area contributed by atoms with Crippen molar-refractivity contribution in [3.8, 4) is 0 Å². The van der Waals surface area contributed by atoms with E-state index in [0.717, 1.165) is 16.8 Å². The molecule has 0 spiro atoms. The number of aromatic nitrogens is 2. The Labute approximate surface area is 139 Å². The first kappa shape index (κ1) is 19.4. The Bertz CT molecular complexity index is 779. The van der Waals surface area contributed by atoms with E-state index in [-0.39, 0.29) is 0 Å². The van der Waals surface area contributed by atoms with Gasteiger partial charge < -0.3 is 14.5 Å². The maximum atomic E-state index is 14.4. The number of halogens is 1. The van der Waals surface area contributed by atoms with Gasteiger partial charge in [0.05, 0.1) is 6.61 Å². The summed E-state index contributed by atoms with van der Waals surface area (Å²) in [6.07, 6.45) is -5.59. The van der Waals surface area contributed by atoms with E-state index in [1.807, 2.05) is 4.98 Å². The van der Waals surface area contributed by atoms with Crippen LogP contribution in [-0.4, -0.2) is 44.3 Å². The molecule has 0 aromatic carbocycles. The van der Waals surface area contributed by atoms with Crippen molar-refractivity contribution in [2.45, 2.75) is 24.6 Å². The minimum Gasteiger partial charge on any atom is -0.346 e. The lowest BCUT2D eigenvalue weighted by atomic mass is 10.1.